The molecule has 3 rings (SSSR count). The Morgan fingerprint density at radius 3 is 2.81 bits per heavy atom. The molecule has 0 saturated carbocycles. The minimum absolute atomic E-state index is 0.00400. The van der Waals surface area contributed by atoms with Crippen molar-refractivity contribution in [1.29, 1.82) is 0 Å². The van der Waals surface area contributed by atoms with Gasteiger partial charge in [-0.25, -0.2) is 4.68 Å². The molecule has 2 aromatic rings. The number of nitrogens with zero attached hydrogens (tertiary/aromatic N) is 2. The zero-order valence-electron chi connectivity index (χ0n) is 14.9. The van der Waals surface area contributed by atoms with Gasteiger partial charge in [0.2, 0.25) is 5.91 Å². The molecule has 26 heavy (non-hydrogen) atoms. The molecule has 2 heterocycles. The maximum absolute atomic E-state index is 12.4. The van der Waals surface area contributed by atoms with E-state index in [1.807, 2.05) is 19.9 Å². The highest BCUT2D eigenvalue weighted by atomic mass is 35.5. The van der Waals surface area contributed by atoms with Crippen molar-refractivity contribution in [1.82, 2.24) is 20.4 Å². The highest BCUT2D eigenvalue weighted by molar-refractivity contribution is 6.42. The van der Waals surface area contributed by atoms with Crippen LogP contribution in [0.1, 0.15) is 23.4 Å². The summed E-state index contributed by atoms with van der Waals surface area (Å²) in [6.07, 6.45) is 3.43. The summed E-state index contributed by atoms with van der Waals surface area (Å²) in [5.41, 5.74) is 4.80. The SMILES string of the molecule is Cc1nn(-c2ccc(Cl)c(Cl)c2)c(C)c1CC(=O)NCC1=CCNCC1. The van der Waals surface area contributed by atoms with Gasteiger partial charge >= 0.3 is 0 Å². The van der Waals surface area contributed by atoms with Gasteiger partial charge in [0.05, 0.1) is 27.8 Å². The molecule has 0 spiro atoms. The normalized spacial score (nSPS) is 14.2. The van der Waals surface area contributed by atoms with Crippen LogP contribution in [0.4, 0.5) is 0 Å². The monoisotopic (exact) mass is 392 g/mol. The van der Waals surface area contributed by atoms with Gasteiger partial charge in [-0.3, -0.25) is 4.79 Å². The standard InChI is InChI=1S/C19H22Cl2N4O/c1-12-16(10-19(26)23-11-14-5-7-22-8-6-14)13(2)25(24-12)15-3-4-17(20)18(21)9-15/h3-5,9,22H,6-8,10-11H2,1-2H3,(H,23,26). The van der Waals surface area contributed by atoms with E-state index >= 15 is 0 Å². The van der Waals surface area contributed by atoms with Crippen LogP contribution in [0.25, 0.3) is 5.69 Å². The molecule has 0 aliphatic carbocycles. The third-order valence-corrected chi connectivity index (χ3v) is 5.34. The average molecular weight is 393 g/mol. The lowest BCUT2D eigenvalue weighted by Crippen LogP contribution is -2.30. The Kier molecular flexibility index (Phi) is 6.01. The van der Waals surface area contributed by atoms with Crippen molar-refractivity contribution in [3.63, 3.8) is 0 Å². The van der Waals surface area contributed by atoms with Crippen LogP contribution in [-0.2, 0) is 11.2 Å². The van der Waals surface area contributed by atoms with E-state index in [1.165, 1.54) is 5.57 Å². The molecule has 0 bridgehead atoms. The van der Waals surface area contributed by atoms with Crippen molar-refractivity contribution in [3.05, 3.63) is 56.8 Å². The van der Waals surface area contributed by atoms with Crippen LogP contribution in [0.5, 0.6) is 0 Å². The number of aromatic nitrogens is 2. The first kappa shape index (κ1) is 19.0. The van der Waals surface area contributed by atoms with Crippen LogP contribution in [0, 0.1) is 13.8 Å². The quantitative estimate of drug-likeness (QED) is 0.766. The van der Waals surface area contributed by atoms with Gasteiger partial charge in [0.1, 0.15) is 0 Å². The molecule has 0 unspecified atom stereocenters. The Bertz CT molecular complexity index is 857. The van der Waals surface area contributed by atoms with E-state index in [0.717, 1.165) is 42.1 Å². The van der Waals surface area contributed by atoms with Crippen LogP contribution >= 0.6 is 23.2 Å². The Balaban J connectivity index is 1.72. The van der Waals surface area contributed by atoms with E-state index in [4.69, 9.17) is 23.2 Å². The number of hydrogen-bond donors (Lipinski definition) is 2. The van der Waals surface area contributed by atoms with E-state index in [9.17, 15) is 4.79 Å². The maximum Gasteiger partial charge on any atom is 0.224 e. The smallest absolute Gasteiger partial charge is 0.224 e. The summed E-state index contributed by atoms with van der Waals surface area (Å²) >= 11 is 12.1. The first-order valence-electron chi connectivity index (χ1n) is 8.61. The molecule has 2 N–H and O–H groups in total. The summed E-state index contributed by atoms with van der Waals surface area (Å²) < 4.78 is 1.80. The molecule has 1 aliphatic rings. The van der Waals surface area contributed by atoms with E-state index < -0.39 is 0 Å². The van der Waals surface area contributed by atoms with Crippen LogP contribution in [0.2, 0.25) is 10.0 Å². The van der Waals surface area contributed by atoms with E-state index in [0.29, 0.717) is 23.0 Å². The first-order chi connectivity index (χ1) is 12.5. The molecule has 1 aliphatic heterocycles. The number of amides is 1. The second kappa shape index (κ2) is 8.25. The predicted molar refractivity (Wildman–Crippen MR) is 105 cm³/mol. The minimum atomic E-state index is 0.00400. The molecule has 0 radical (unpaired) electrons. The summed E-state index contributed by atoms with van der Waals surface area (Å²) in [6, 6.07) is 5.38. The Hall–Kier alpha value is -1.82. The summed E-state index contributed by atoms with van der Waals surface area (Å²) in [6.45, 7) is 6.33. The van der Waals surface area contributed by atoms with Crippen molar-refractivity contribution in [2.24, 2.45) is 0 Å². The van der Waals surface area contributed by atoms with Crippen molar-refractivity contribution in [3.8, 4) is 5.69 Å². The fraction of sp³-hybridized carbons (Fsp3) is 0.368. The number of rotatable bonds is 5. The van der Waals surface area contributed by atoms with Crippen LogP contribution in [0.15, 0.2) is 29.8 Å². The zero-order valence-corrected chi connectivity index (χ0v) is 16.4. The van der Waals surface area contributed by atoms with Gasteiger partial charge in [0.15, 0.2) is 0 Å². The second-order valence-electron chi connectivity index (χ2n) is 6.43. The van der Waals surface area contributed by atoms with E-state index in [1.54, 1.807) is 16.8 Å². The number of nitrogens with one attached hydrogen (secondary N) is 2. The molecule has 138 valence electrons. The summed E-state index contributed by atoms with van der Waals surface area (Å²) in [4.78, 5) is 12.4. The molecule has 1 amide bonds. The molecule has 0 atom stereocenters. The molecule has 1 aromatic carbocycles. The molecular weight excluding hydrogens is 371 g/mol. The highest BCUT2D eigenvalue weighted by Gasteiger charge is 2.16. The lowest BCUT2D eigenvalue weighted by Gasteiger charge is -2.14. The van der Waals surface area contributed by atoms with Gasteiger partial charge in [-0.1, -0.05) is 34.9 Å². The van der Waals surface area contributed by atoms with Gasteiger partial charge < -0.3 is 10.6 Å². The predicted octanol–water partition coefficient (Wildman–Crippen LogP) is 3.37. The van der Waals surface area contributed by atoms with E-state index in [2.05, 4.69) is 21.8 Å². The van der Waals surface area contributed by atoms with E-state index in [-0.39, 0.29) is 5.91 Å². The van der Waals surface area contributed by atoms with Gasteiger partial charge in [0.25, 0.3) is 0 Å². The Morgan fingerprint density at radius 1 is 1.31 bits per heavy atom. The third-order valence-electron chi connectivity index (χ3n) is 4.60. The number of hydrogen-bond acceptors (Lipinski definition) is 3. The molecule has 0 saturated heterocycles. The lowest BCUT2D eigenvalue weighted by molar-refractivity contribution is -0.120. The van der Waals surface area contributed by atoms with Gasteiger partial charge in [0, 0.05) is 24.3 Å². The van der Waals surface area contributed by atoms with Crippen molar-refractivity contribution in [2.45, 2.75) is 26.7 Å². The van der Waals surface area contributed by atoms with Crippen molar-refractivity contribution >= 4 is 29.1 Å². The highest BCUT2D eigenvalue weighted by Crippen LogP contribution is 2.26. The number of aryl methyl sites for hydroxylation is 1. The van der Waals surface area contributed by atoms with Crippen LogP contribution in [-0.4, -0.2) is 35.3 Å². The fourth-order valence-corrected chi connectivity index (χ4v) is 3.36. The Labute approximate surface area is 163 Å². The molecule has 5 nitrogen and oxygen atoms in total. The van der Waals surface area contributed by atoms with Gasteiger partial charge in [-0.2, -0.15) is 5.10 Å². The van der Waals surface area contributed by atoms with Crippen LogP contribution in [0.3, 0.4) is 0 Å². The largest absolute Gasteiger partial charge is 0.352 e. The molecular formula is C19H22Cl2N4O. The topological polar surface area (TPSA) is 59.0 Å². The zero-order chi connectivity index (χ0) is 18.7. The number of halogens is 2. The van der Waals surface area contributed by atoms with Gasteiger partial charge in [-0.15, -0.1) is 0 Å². The van der Waals surface area contributed by atoms with Gasteiger partial charge in [-0.05, 0) is 45.0 Å². The summed E-state index contributed by atoms with van der Waals surface area (Å²) in [7, 11) is 0. The Morgan fingerprint density at radius 2 is 2.12 bits per heavy atom. The van der Waals surface area contributed by atoms with Crippen molar-refractivity contribution in [2.75, 3.05) is 19.6 Å². The summed E-state index contributed by atoms with van der Waals surface area (Å²) in [5.74, 6) is 0.00400. The maximum atomic E-state index is 12.4. The molecule has 7 heteroatoms. The minimum Gasteiger partial charge on any atom is -0.352 e. The first-order valence-corrected chi connectivity index (χ1v) is 9.37. The second-order valence-corrected chi connectivity index (χ2v) is 7.24. The number of carbonyl (C=O) groups excluding carboxylic acids is 1. The third kappa shape index (κ3) is 4.29. The molecule has 0 fully saturated rings. The van der Waals surface area contributed by atoms with Crippen LogP contribution < -0.4 is 10.6 Å². The average Bonchev–Trinajstić information content (AvgIpc) is 2.91. The number of benzene rings is 1. The van der Waals surface area contributed by atoms with Crippen molar-refractivity contribution < 1.29 is 4.79 Å². The lowest BCUT2D eigenvalue weighted by atomic mass is 10.1. The molecule has 1 aromatic heterocycles. The summed E-state index contributed by atoms with van der Waals surface area (Å²) in [5, 5.41) is 11.8. The number of carbonyl (C=O) groups is 1. The fourth-order valence-electron chi connectivity index (χ4n) is 3.06.